The molecule has 1 aliphatic rings. The SMILES string of the molecule is CC(C)(C)OC=O.CS(=O)(=O)OC1CCNCC1. The van der Waals surface area contributed by atoms with Crippen LogP contribution in [0.15, 0.2) is 0 Å². The van der Waals surface area contributed by atoms with E-state index in [1.54, 1.807) is 0 Å². The Morgan fingerprint density at radius 1 is 1.22 bits per heavy atom. The number of rotatable bonds is 3. The number of carbonyl (C=O) groups is 1. The zero-order valence-electron chi connectivity index (χ0n) is 11.4. The molecule has 0 bridgehead atoms. The lowest BCUT2D eigenvalue weighted by molar-refractivity contribution is -0.138. The molecule has 0 aromatic rings. The van der Waals surface area contributed by atoms with E-state index in [4.69, 9.17) is 4.18 Å². The average Bonchev–Trinajstić information content (AvgIpc) is 2.15. The summed E-state index contributed by atoms with van der Waals surface area (Å²) in [6, 6.07) is 0. The summed E-state index contributed by atoms with van der Waals surface area (Å²) < 4.78 is 30.7. The fourth-order valence-corrected chi connectivity index (χ4v) is 1.97. The van der Waals surface area contributed by atoms with Gasteiger partial charge in [0.15, 0.2) is 0 Å². The fourth-order valence-electron chi connectivity index (χ4n) is 1.28. The van der Waals surface area contributed by atoms with Crippen LogP contribution in [0.2, 0.25) is 0 Å². The van der Waals surface area contributed by atoms with E-state index in [0.29, 0.717) is 6.47 Å². The van der Waals surface area contributed by atoms with Crippen LogP contribution >= 0.6 is 0 Å². The number of ether oxygens (including phenoxy) is 1. The Bertz CT molecular complexity index is 328. The Balaban J connectivity index is 0.000000360. The molecule has 108 valence electrons. The molecule has 6 nitrogen and oxygen atoms in total. The number of nitrogens with one attached hydrogen (secondary N) is 1. The molecule has 0 radical (unpaired) electrons. The van der Waals surface area contributed by atoms with Crippen LogP contribution in [-0.2, 0) is 23.8 Å². The molecule has 0 atom stereocenters. The molecule has 0 aromatic heterocycles. The zero-order chi connectivity index (χ0) is 14.2. The van der Waals surface area contributed by atoms with Crippen LogP contribution < -0.4 is 5.32 Å². The van der Waals surface area contributed by atoms with Crippen molar-refractivity contribution in [2.75, 3.05) is 19.3 Å². The summed E-state index contributed by atoms with van der Waals surface area (Å²) in [4.78, 5) is 9.60. The third-order valence-corrected chi connectivity index (χ3v) is 2.62. The second kappa shape index (κ2) is 7.70. The molecule has 0 saturated carbocycles. The van der Waals surface area contributed by atoms with Crippen LogP contribution in [0.25, 0.3) is 0 Å². The predicted octanol–water partition coefficient (Wildman–Crippen LogP) is 0.673. The summed E-state index contributed by atoms with van der Waals surface area (Å²) in [5.41, 5.74) is -0.318. The first-order valence-corrected chi connectivity index (χ1v) is 7.66. The molecule has 0 amide bonds. The van der Waals surface area contributed by atoms with E-state index in [2.05, 4.69) is 10.1 Å². The molecule has 0 unspecified atom stereocenters. The van der Waals surface area contributed by atoms with Crippen molar-refractivity contribution in [1.29, 1.82) is 0 Å². The lowest BCUT2D eigenvalue weighted by Crippen LogP contribution is -2.33. The Morgan fingerprint density at radius 3 is 2.00 bits per heavy atom. The van der Waals surface area contributed by atoms with Crippen molar-refractivity contribution in [2.24, 2.45) is 0 Å². The molecule has 1 saturated heterocycles. The Hall–Kier alpha value is -0.660. The standard InChI is InChI=1S/C6H13NO3S.C5H10O2/c1-11(8,9)10-6-2-4-7-5-3-6;1-5(2,3)7-4-6/h6-7H,2-5H2,1H3;4H,1-3H3. The molecule has 1 rings (SSSR count). The van der Waals surface area contributed by atoms with E-state index in [1.807, 2.05) is 20.8 Å². The highest BCUT2D eigenvalue weighted by atomic mass is 32.2. The average molecular weight is 281 g/mol. The van der Waals surface area contributed by atoms with Crippen LogP contribution in [0.3, 0.4) is 0 Å². The lowest BCUT2D eigenvalue weighted by Gasteiger charge is -2.21. The molecule has 7 heteroatoms. The molecule has 1 N–H and O–H groups in total. The van der Waals surface area contributed by atoms with Gasteiger partial charge in [0.25, 0.3) is 16.6 Å². The van der Waals surface area contributed by atoms with Crippen molar-refractivity contribution in [3.05, 3.63) is 0 Å². The van der Waals surface area contributed by atoms with Crippen molar-refractivity contribution in [2.45, 2.75) is 45.3 Å². The van der Waals surface area contributed by atoms with Gasteiger partial charge in [-0.1, -0.05) is 0 Å². The van der Waals surface area contributed by atoms with E-state index < -0.39 is 10.1 Å². The third kappa shape index (κ3) is 11.8. The molecule has 18 heavy (non-hydrogen) atoms. The van der Waals surface area contributed by atoms with E-state index >= 15 is 0 Å². The van der Waals surface area contributed by atoms with Gasteiger partial charge in [-0.05, 0) is 46.7 Å². The van der Waals surface area contributed by atoms with Gasteiger partial charge in [0.05, 0.1) is 12.4 Å². The van der Waals surface area contributed by atoms with Crippen LogP contribution in [0.4, 0.5) is 0 Å². The summed E-state index contributed by atoms with van der Waals surface area (Å²) in [6.45, 7) is 7.62. The highest BCUT2D eigenvalue weighted by Crippen LogP contribution is 2.09. The van der Waals surface area contributed by atoms with E-state index in [9.17, 15) is 13.2 Å². The van der Waals surface area contributed by atoms with Gasteiger partial charge in [0.2, 0.25) is 0 Å². The maximum absolute atomic E-state index is 10.7. The summed E-state index contributed by atoms with van der Waals surface area (Å²) in [7, 11) is -3.25. The second-order valence-corrected chi connectivity index (χ2v) is 6.68. The van der Waals surface area contributed by atoms with Crippen LogP contribution in [-0.4, -0.2) is 45.9 Å². The molecular weight excluding hydrogens is 258 g/mol. The normalized spacial score (nSPS) is 17.6. The van der Waals surface area contributed by atoms with Gasteiger partial charge in [-0.3, -0.25) is 8.98 Å². The largest absolute Gasteiger partial charge is 0.462 e. The number of piperidine rings is 1. The van der Waals surface area contributed by atoms with Gasteiger partial charge in [-0.15, -0.1) is 0 Å². The molecule has 0 aliphatic carbocycles. The van der Waals surface area contributed by atoms with Crippen LogP contribution in [0, 0.1) is 0 Å². The first kappa shape index (κ1) is 17.3. The molecule has 0 aromatic carbocycles. The first-order chi connectivity index (χ1) is 8.14. The molecule has 0 spiro atoms. The fraction of sp³-hybridized carbons (Fsp3) is 0.909. The molecular formula is C11H23NO5S. The highest BCUT2D eigenvalue weighted by Gasteiger charge is 2.17. The van der Waals surface area contributed by atoms with Gasteiger partial charge in [0, 0.05) is 0 Å². The van der Waals surface area contributed by atoms with Crippen molar-refractivity contribution >= 4 is 16.6 Å². The van der Waals surface area contributed by atoms with E-state index in [-0.39, 0.29) is 11.7 Å². The van der Waals surface area contributed by atoms with Crippen molar-refractivity contribution in [3.8, 4) is 0 Å². The van der Waals surface area contributed by atoms with Crippen molar-refractivity contribution < 1.29 is 22.1 Å². The quantitative estimate of drug-likeness (QED) is 0.605. The van der Waals surface area contributed by atoms with Crippen molar-refractivity contribution in [3.63, 3.8) is 0 Å². The van der Waals surface area contributed by atoms with Gasteiger partial charge >= 0.3 is 0 Å². The highest BCUT2D eigenvalue weighted by molar-refractivity contribution is 7.86. The summed E-state index contributed by atoms with van der Waals surface area (Å²) >= 11 is 0. The van der Waals surface area contributed by atoms with Gasteiger partial charge < -0.3 is 10.1 Å². The number of hydrogen-bond acceptors (Lipinski definition) is 6. The van der Waals surface area contributed by atoms with Crippen molar-refractivity contribution in [1.82, 2.24) is 5.32 Å². The Morgan fingerprint density at radius 2 is 1.72 bits per heavy atom. The smallest absolute Gasteiger partial charge is 0.293 e. The minimum atomic E-state index is -3.25. The number of carbonyl (C=O) groups excluding carboxylic acids is 1. The third-order valence-electron chi connectivity index (χ3n) is 2.00. The predicted molar refractivity (Wildman–Crippen MR) is 68.7 cm³/mol. The zero-order valence-corrected chi connectivity index (χ0v) is 12.2. The number of hydrogen-bond donors (Lipinski definition) is 1. The second-order valence-electron chi connectivity index (χ2n) is 5.08. The summed E-state index contributed by atoms with van der Waals surface area (Å²) in [5, 5.41) is 3.13. The Kier molecular flexibility index (Phi) is 7.42. The topological polar surface area (TPSA) is 81.7 Å². The Labute approximate surface area is 109 Å². The minimum Gasteiger partial charge on any atom is -0.462 e. The molecule has 1 fully saturated rings. The lowest BCUT2D eigenvalue weighted by atomic mass is 10.1. The maximum Gasteiger partial charge on any atom is 0.293 e. The van der Waals surface area contributed by atoms with Crippen LogP contribution in [0.1, 0.15) is 33.6 Å². The molecule has 1 aliphatic heterocycles. The first-order valence-electron chi connectivity index (χ1n) is 5.84. The minimum absolute atomic E-state index is 0.105. The summed E-state index contributed by atoms with van der Waals surface area (Å²) in [5.74, 6) is 0. The van der Waals surface area contributed by atoms with Gasteiger partial charge in [-0.25, -0.2) is 0 Å². The molecule has 1 heterocycles. The van der Waals surface area contributed by atoms with E-state index in [0.717, 1.165) is 32.2 Å². The van der Waals surface area contributed by atoms with E-state index in [1.165, 1.54) is 0 Å². The van der Waals surface area contributed by atoms with Gasteiger partial charge in [-0.2, -0.15) is 8.42 Å². The van der Waals surface area contributed by atoms with Crippen LogP contribution in [0.5, 0.6) is 0 Å². The summed E-state index contributed by atoms with van der Waals surface area (Å²) in [6.07, 6.45) is 2.56. The monoisotopic (exact) mass is 281 g/mol. The maximum atomic E-state index is 10.7. The van der Waals surface area contributed by atoms with Gasteiger partial charge in [0.1, 0.15) is 5.60 Å².